The Balaban J connectivity index is 1.33. The summed E-state index contributed by atoms with van der Waals surface area (Å²) in [6.07, 6.45) is 1.45. The van der Waals surface area contributed by atoms with E-state index in [1.165, 1.54) is 0 Å². The highest BCUT2D eigenvalue weighted by atomic mass is 16.5. The molecule has 4 N–H and O–H groups in total. The average Bonchev–Trinajstić information content (AvgIpc) is 3.76. The number of para-hydroxylation sites is 5. The molecule has 306 valence electrons. The lowest BCUT2D eigenvalue weighted by Crippen LogP contribution is -2.62. The number of hydrogen-bond donors (Lipinski definition) is 4. The number of nitrogens with one attached hydrogen (secondary N) is 2. The number of guanidine groups is 1. The molecule has 4 aromatic rings. The van der Waals surface area contributed by atoms with Gasteiger partial charge in [-0.05, 0) is 94.0 Å². The molecule has 0 saturated carbocycles. The van der Waals surface area contributed by atoms with Gasteiger partial charge in [-0.2, -0.15) is 0 Å². The van der Waals surface area contributed by atoms with E-state index in [9.17, 15) is 19.9 Å². The Bertz CT molecular complexity index is 2060. The predicted octanol–water partition coefficient (Wildman–Crippen LogP) is 6.78. The molecule has 0 bridgehead atoms. The minimum atomic E-state index is -1.25. The molecule has 2 aliphatic heterocycles. The first-order valence-corrected chi connectivity index (χ1v) is 20.2. The second kappa shape index (κ2) is 19.4. The van der Waals surface area contributed by atoms with E-state index in [0.717, 1.165) is 21.6 Å². The number of benzene rings is 4. The average molecular weight is 790 g/mol. The maximum atomic E-state index is 14.0. The number of nitroso groups, excluding NO2 is 1. The zero-order valence-corrected chi connectivity index (χ0v) is 34.0. The van der Waals surface area contributed by atoms with Crippen LogP contribution in [0.2, 0.25) is 0 Å². The SMILES string of the molecule is C=CCc1ccccc1OCC(O)C(C(COc1ccccc1C)C(O)NC(C)(C)CCC1NCC(=O)N1c1ccccc1)N(CCC)C1=Nc2ccccc2[N+]1=O. The van der Waals surface area contributed by atoms with Crippen molar-refractivity contribution in [3.8, 4) is 11.5 Å². The van der Waals surface area contributed by atoms with Crippen molar-refractivity contribution in [2.75, 3.05) is 31.2 Å². The third-order valence-corrected chi connectivity index (χ3v) is 10.8. The van der Waals surface area contributed by atoms with Gasteiger partial charge in [0, 0.05) is 16.0 Å². The molecule has 0 spiro atoms. The Kier molecular flexibility index (Phi) is 14.1. The minimum Gasteiger partial charge on any atom is -0.493 e. The van der Waals surface area contributed by atoms with E-state index in [2.05, 4.69) is 17.2 Å². The molecule has 2 aliphatic rings. The van der Waals surface area contributed by atoms with Crippen LogP contribution in [0.3, 0.4) is 0 Å². The number of amides is 1. The summed E-state index contributed by atoms with van der Waals surface area (Å²) in [5.41, 5.74) is 2.92. The van der Waals surface area contributed by atoms with Crippen molar-refractivity contribution >= 4 is 28.9 Å². The summed E-state index contributed by atoms with van der Waals surface area (Å²) >= 11 is 0. The van der Waals surface area contributed by atoms with Crippen LogP contribution in [0, 0.1) is 17.7 Å². The monoisotopic (exact) mass is 789 g/mol. The van der Waals surface area contributed by atoms with Crippen molar-refractivity contribution in [3.05, 3.63) is 132 Å². The number of allylic oxidation sites excluding steroid dienone is 1. The van der Waals surface area contributed by atoms with Crippen molar-refractivity contribution in [2.24, 2.45) is 10.9 Å². The van der Waals surface area contributed by atoms with Crippen LogP contribution >= 0.6 is 0 Å². The topological polar surface area (TPSA) is 139 Å². The van der Waals surface area contributed by atoms with Gasteiger partial charge in [0.05, 0.1) is 31.8 Å². The Morgan fingerprint density at radius 1 is 0.983 bits per heavy atom. The minimum absolute atomic E-state index is 0.00184. The van der Waals surface area contributed by atoms with Crippen molar-refractivity contribution in [1.29, 1.82) is 0 Å². The fourth-order valence-electron chi connectivity index (χ4n) is 7.82. The largest absolute Gasteiger partial charge is 0.493 e. The fraction of sp³-hybridized carbons (Fsp3) is 0.391. The van der Waals surface area contributed by atoms with E-state index < -0.39 is 29.8 Å². The third kappa shape index (κ3) is 10.00. The predicted molar refractivity (Wildman–Crippen MR) is 228 cm³/mol. The number of carbonyl (C=O) groups excluding carboxylic acids is 1. The fourth-order valence-corrected chi connectivity index (χ4v) is 7.82. The lowest BCUT2D eigenvalue weighted by atomic mass is 9.89. The van der Waals surface area contributed by atoms with Gasteiger partial charge in [-0.15, -0.1) is 6.58 Å². The van der Waals surface area contributed by atoms with Crippen LogP contribution in [0.25, 0.3) is 0 Å². The van der Waals surface area contributed by atoms with Gasteiger partial charge in [0.25, 0.3) is 0 Å². The highest BCUT2D eigenvalue weighted by Crippen LogP contribution is 2.36. The Morgan fingerprint density at radius 3 is 2.38 bits per heavy atom. The van der Waals surface area contributed by atoms with Crippen molar-refractivity contribution < 1.29 is 29.2 Å². The maximum Gasteiger partial charge on any atom is 0.436 e. The highest BCUT2D eigenvalue weighted by Gasteiger charge is 2.48. The van der Waals surface area contributed by atoms with Gasteiger partial charge in [0.15, 0.2) is 11.4 Å². The number of carbonyl (C=O) groups is 1. The first-order valence-electron chi connectivity index (χ1n) is 20.2. The Labute approximate surface area is 341 Å². The molecule has 2 heterocycles. The summed E-state index contributed by atoms with van der Waals surface area (Å²) in [4.78, 5) is 35.4. The maximum absolute atomic E-state index is 14.0. The van der Waals surface area contributed by atoms with Gasteiger partial charge in [-0.3, -0.25) is 25.2 Å². The summed E-state index contributed by atoms with van der Waals surface area (Å²) in [5.74, 6) is 0.526. The zero-order valence-electron chi connectivity index (χ0n) is 34.0. The molecule has 6 rings (SSSR count). The van der Waals surface area contributed by atoms with Gasteiger partial charge >= 0.3 is 5.96 Å². The number of aliphatic hydroxyl groups is 2. The van der Waals surface area contributed by atoms with Crippen LogP contribution in [-0.2, 0) is 11.2 Å². The number of ether oxygens (including phenoxy) is 2. The Morgan fingerprint density at radius 2 is 1.66 bits per heavy atom. The summed E-state index contributed by atoms with van der Waals surface area (Å²) in [7, 11) is 0. The van der Waals surface area contributed by atoms with Gasteiger partial charge in [0.1, 0.15) is 36.5 Å². The molecule has 5 unspecified atom stereocenters. The van der Waals surface area contributed by atoms with Crippen LogP contribution in [0.4, 0.5) is 17.1 Å². The molecular weight excluding hydrogens is 733 g/mol. The van der Waals surface area contributed by atoms with E-state index in [1.807, 2.05) is 113 Å². The molecule has 0 aromatic heterocycles. The summed E-state index contributed by atoms with van der Waals surface area (Å²) in [6, 6.07) is 31.0. The second-order valence-electron chi connectivity index (χ2n) is 15.6. The molecule has 12 nitrogen and oxygen atoms in total. The molecule has 5 atom stereocenters. The standard InChI is InChI=1S/C46H57N6O6/c1-6-17-33-19-12-16-25-40(33)58-31-38(53)43(50(28-7-2)45-48-36-22-13-14-23-37(36)52(45)56)35(30-57-39-24-15-11-18-32(39)3)44(55)49-46(4,5)27-26-41-47-29-42(54)51(41)34-20-9-8-10-21-34/h6,8-16,18-25,35,38,41,43-44,47,49,53,55H,1,7,17,26-31H2,2-5H3/q+1. The molecule has 4 aromatic carbocycles. The number of nitrogens with zero attached hydrogens (tertiary/aromatic N) is 4. The molecule has 0 aliphatic carbocycles. The first kappa shape index (κ1) is 42.2. The molecule has 12 heteroatoms. The number of fused-ring (bicyclic) bond motifs is 1. The van der Waals surface area contributed by atoms with E-state index in [4.69, 9.17) is 14.5 Å². The van der Waals surface area contributed by atoms with Gasteiger partial charge in [-0.25, -0.2) is 0 Å². The van der Waals surface area contributed by atoms with Crippen molar-refractivity contribution in [3.63, 3.8) is 0 Å². The van der Waals surface area contributed by atoms with Gasteiger partial charge in [-0.1, -0.05) is 89.6 Å². The second-order valence-corrected chi connectivity index (χ2v) is 15.6. The van der Waals surface area contributed by atoms with Crippen LogP contribution in [-0.4, -0.2) is 88.1 Å². The third-order valence-electron chi connectivity index (χ3n) is 10.8. The van der Waals surface area contributed by atoms with Crippen LogP contribution in [0.15, 0.2) is 121 Å². The molecule has 1 saturated heterocycles. The van der Waals surface area contributed by atoms with Gasteiger partial charge in [0.2, 0.25) is 5.91 Å². The van der Waals surface area contributed by atoms with Crippen molar-refractivity contribution in [1.82, 2.24) is 15.5 Å². The first-order chi connectivity index (χ1) is 28.0. The van der Waals surface area contributed by atoms with Crippen molar-refractivity contribution in [2.45, 2.75) is 83.5 Å². The Hall–Kier alpha value is -5.40. The quantitative estimate of drug-likeness (QED) is 0.0434. The lowest BCUT2D eigenvalue weighted by molar-refractivity contribution is -0.343. The molecule has 1 amide bonds. The molecule has 58 heavy (non-hydrogen) atoms. The normalized spacial score (nSPS) is 17.3. The number of anilines is 1. The van der Waals surface area contributed by atoms with E-state index >= 15 is 0 Å². The molecule has 0 radical (unpaired) electrons. The van der Waals surface area contributed by atoms with E-state index in [-0.39, 0.29) is 37.8 Å². The van der Waals surface area contributed by atoms with Gasteiger partial charge < -0.3 is 19.7 Å². The highest BCUT2D eigenvalue weighted by molar-refractivity contribution is 5.97. The summed E-state index contributed by atoms with van der Waals surface area (Å²) in [6.45, 7) is 12.3. The molecule has 1 fully saturated rings. The van der Waals surface area contributed by atoms with E-state index in [0.29, 0.717) is 55.1 Å². The number of aryl methyl sites for hydroxylation is 1. The summed E-state index contributed by atoms with van der Waals surface area (Å²) in [5, 5.41) is 31.7. The van der Waals surface area contributed by atoms with Crippen LogP contribution < -0.4 is 25.0 Å². The summed E-state index contributed by atoms with van der Waals surface area (Å²) < 4.78 is 13.6. The smallest absolute Gasteiger partial charge is 0.436 e. The molecular formula is C46H57N6O6+. The number of aliphatic imine (C=N–C) groups is 1. The van der Waals surface area contributed by atoms with Crippen LogP contribution in [0.5, 0.6) is 11.5 Å². The number of rotatable bonds is 20. The lowest BCUT2D eigenvalue weighted by Gasteiger charge is -2.40. The number of aliphatic hydroxyl groups excluding tert-OH is 2. The van der Waals surface area contributed by atoms with E-state index in [1.54, 1.807) is 34.1 Å². The van der Waals surface area contributed by atoms with Crippen LogP contribution in [0.1, 0.15) is 51.2 Å². The number of hydrogen-bond acceptors (Lipinski definition) is 10. The zero-order chi connectivity index (χ0) is 41.2.